The summed E-state index contributed by atoms with van der Waals surface area (Å²) in [5, 5.41) is 3.16. The Morgan fingerprint density at radius 1 is 1.33 bits per heavy atom. The van der Waals surface area contributed by atoms with Gasteiger partial charge in [-0.3, -0.25) is 4.79 Å². The molecule has 1 amide bonds. The number of carbonyl (C=O) groups excluding carboxylic acids is 1. The van der Waals surface area contributed by atoms with Crippen LogP contribution in [0.2, 0.25) is 0 Å². The monoisotopic (exact) mass is 388 g/mol. The SMILES string of the molecule is COc1ccc(Br)cc1CC(=O)NC1CCCc2cc(N)ccc21. The first-order valence-corrected chi connectivity index (χ1v) is 8.86. The number of halogens is 1. The van der Waals surface area contributed by atoms with Crippen LogP contribution >= 0.6 is 15.9 Å². The number of nitrogens with two attached hydrogens (primary N) is 1. The number of aryl methyl sites for hydroxylation is 1. The van der Waals surface area contributed by atoms with Gasteiger partial charge in [0, 0.05) is 15.7 Å². The van der Waals surface area contributed by atoms with Crippen molar-refractivity contribution in [2.45, 2.75) is 31.7 Å². The average molecular weight is 389 g/mol. The number of carbonyl (C=O) groups is 1. The van der Waals surface area contributed by atoms with Crippen molar-refractivity contribution in [3.63, 3.8) is 0 Å². The van der Waals surface area contributed by atoms with E-state index in [1.54, 1.807) is 7.11 Å². The van der Waals surface area contributed by atoms with Gasteiger partial charge in [0.05, 0.1) is 19.6 Å². The summed E-state index contributed by atoms with van der Waals surface area (Å²) in [5.41, 5.74) is 9.95. The summed E-state index contributed by atoms with van der Waals surface area (Å²) >= 11 is 3.44. The largest absolute Gasteiger partial charge is 0.496 e. The van der Waals surface area contributed by atoms with Crippen molar-refractivity contribution in [3.8, 4) is 5.75 Å². The second kappa shape index (κ2) is 7.26. The van der Waals surface area contributed by atoms with Gasteiger partial charge in [-0.25, -0.2) is 0 Å². The first-order chi connectivity index (χ1) is 11.6. The number of rotatable bonds is 4. The van der Waals surface area contributed by atoms with E-state index >= 15 is 0 Å². The molecular weight excluding hydrogens is 368 g/mol. The Hall–Kier alpha value is -2.01. The van der Waals surface area contributed by atoms with Crippen LogP contribution < -0.4 is 15.8 Å². The van der Waals surface area contributed by atoms with E-state index in [0.29, 0.717) is 6.42 Å². The van der Waals surface area contributed by atoms with E-state index in [4.69, 9.17) is 10.5 Å². The van der Waals surface area contributed by atoms with Gasteiger partial charge < -0.3 is 15.8 Å². The molecule has 0 fully saturated rings. The maximum atomic E-state index is 12.5. The Labute approximate surface area is 150 Å². The zero-order valence-electron chi connectivity index (χ0n) is 13.6. The fourth-order valence-corrected chi connectivity index (χ4v) is 3.70. The molecular formula is C19H21BrN2O2. The second-order valence-electron chi connectivity index (χ2n) is 6.10. The highest BCUT2D eigenvalue weighted by atomic mass is 79.9. The molecule has 0 aliphatic heterocycles. The van der Waals surface area contributed by atoms with E-state index in [0.717, 1.165) is 40.7 Å². The summed E-state index contributed by atoms with van der Waals surface area (Å²) in [6.07, 6.45) is 3.33. The predicted octanol–water partition coefficient (Wildman–Crippen LogP) is 3.78. The zero-order valence-corrected chi connectivity index (χ0v) is 15.2. The van der Waals surface area contributed by atoms with Crippen molar-refractivity contribution >= 4 is 27.5 Å². The van der Waals surface area contributed by atoms with Crippen LogP contribution in [0, 0.1) is 0 Å². The molecule has 1 unspecified atom stereocenters. The Morgan fingerprint density at radius 3 is 2.96 bits per heavy atom. The van der Waals surface area contributed by atoms with Gasteiger partial charge in [0.2, 0.25) is 5.91 Å². The van der Waals surface area contributed by atoms with E-state index in [1.165, 1.54) is 11.1 Å². The summed E-state index contributed by atoms with van der Waals surface area (Å²) in [4.78, 5) is 12.5. The zero-order chi connectivity index (χ0) is 17.1. The molecule has 126 valence electrons. The number of fused-ring (bicyclic) bond motifs is 1. The van der Waals surface area contributed by atoms with Crippen LogP contribution in [0.25, 0.3) is 0 Å². The third-order valence-corrected chi connectivity index (χ3v) is 4.90. The van der Waals surface area contributed by atoms with Crippen molar-refractivity contribution < 1.29 is 9.53 Å². The minimum absolute atomic E-state index is 0.000995. The quantitative estimate of drug-likeness (QED) is 0.783. The summed E-state index contributed by atoms with van der Waals surface area (Å²) in [7, 11) is 1.62. The number of methoxy groups -OCH3 is 1. The smallest absolute Gasteiger partial charge is 0.225 e. The first-order valence-electron chi connectivity index (χ1n) is 8.07. The molecule has 2 aromatic carbocycles. The highest BCUT2D eigenvalue weighted by molar-refractivity contribution is 9.10. The van der Waals surface area contributed by atoms with Crippen LogP contribution in [0.1, 0.15) is 35.6 Å². The van der Waals surface area contributed by atoms with E-state index in [1.807, 2.05) is 36.4 Å². The topological polar surface area (TPSA) is 64.3 Å². The highest BCUT2D eigenvalue weighted by Crippen LogP contribution is 2.31. The molecule has 5 heteroatoms. The standard InChI is InChI=1S/C19H21BrN2O2/c1-24-18-8-5-14(20)9-13(18)11-19(23)22-17-4-2-3-12-10-15(21)6-7-16(12)17/h5-10,17H,2-4,11,21H2,1H3,(H,22,23). The maximum absolute atomic E-state index is 12.5. The molecule has 0 radical (unpaired) electrons. The maximum Gasteiger partial charge on any atom is 0.225 e. The molecule has 3 N–H and O–H groups in total. The van der Waals surface area contributed by atoms with Crippen molar-refractivity contribution in [1.29, 1.82) is 0 Å². The van der Waals surface area contributed by atoms with Crippen LogP contribution in [0.15, 0.2) is 40.9 Å². The normalized spacial score (nSPS) is 16.3. The molecule has 24 heavy (non-hydrogen) atoms. The molecule has 0 aromatic heterocycles. The minimum atomic E-state index is 0.000995. The molecule has 0 bridgehead atoms. The molecule has 2 aromatic rings. The van der Waals surface area contributed by atoms with Gasteiger partial charge in [0.1, 0.15) is 5.75 Å². The second-order valence-corrected chi connectivity index (χ2v) is 7.02. The molecule has 1 atom stereocenters. The average Bonchev–Trinajstić information content (AvgIpc) is 2.55. The summed E-state index contributed by atoms with van der Waals surface area (Å²) in [5.74, 6) is 0.728. The molecule has 0 heterocycles. The fraction of sp³-hybridized carbons (Fsp3) is 0.316. The van der Waals surface area contributed by atoms with Gasteiger partial charge in [-0.1, -0.05) is 22.0 Å². The molecule has 0 spiro atoms. The minimum Gasteiger partial charge on any atom is -0.496 e. The van der Waals surface area contributed by atoms with Gasteiger partial charge in [-0.05, 0) is 60.7 Å². The number of amides is 1. The number of hydrogen-bond acceptors (Lipinski definition) is 3. The van der Waals surface area contributed by atoms with E-state index in [-0.39, 0.29) is 11.9 Å². The van der Waals surface area contributed by atoms with Crippen molar-refractivity contribution in [3.05, 3.63) is 57.6 Å². The molecule has 0 saturated heterocycles. The lowest BCUT2D eigenvalue weighted by Gasteiger charge is -2.27. The molecule has 0 saturated carbocycles. The number of nitrogens with one attached hydrogen (secondary N) is 1. The molecule has 1 aliphatic rings. The van der Waals surface area contributed by atoms with Gasteiger partial charge in [0.25, 0.3) is 0 Å². The summed E-state index contributed by atoms with van der Waals surface area (Å²) in [6, 6.07) is 11.7. The lowest BCUT2D eigenvalue weighted by Crippen LogP contribution is -2.32. The van der Waals surface area contributed by atoms with Crippen LogP contribution in [-0.4, -0.2) is 13.0 Å². The number of benzene rings is 2. The predicted molar refractivity (Wildman–Crippen MR) is 99.1 cm³/mol. The van der Waals surface area contributed by atoms with Crippen LogP contribution in [0.5, 0.6) is 5.75 Å². The fourth-order valence-electron chi connectivity index (χ4n) is 3.29. The van der Waals surface area contributed by atoms with Crippen molar-refractivity contribution in [2.24, 2.45) is 0 Å². The number of anilines is 1. The Kier molecular flexibility index (Phi) is 5.09. The van der Waals surface area contributed by atoms with Crippen molar-refractivity contribution in [1.82, 2.24) is 5.32 Å². The highest BCUT2D eigenvalue weighted by Gasteiger charge is 2.22. The summed E-state index contributed by atoms with van der Waals surface area (Å²) < 4.78 is 6.28. The third kappa shape index (κ3) is 3.73. The van der Waals surface area contributed by atoms with E-state index in [9.17, 15) is 4.79 Å². The van der Waals surface area contributed by atoms with Crippen molar-refractivity contribution in [2.75, 3.05) is 12.8 Å². The number of nitrogen functional groups attached to an aromatic ring is 1. The summed E-state index contributed by atoms with van der Waals surface area (Å²) in [6.45, 7) is 0. The van der Waals surface area contributed by atoms with Crippen LogP contribution in [-0.2, 0) is 17.6 Å². The number of ether oxygens (including phenoxy) is 1. The first kappa shape index (κ1) is 16.8. The van der Waals surface area contributed by atoms with Crippen LogP contribution in [0.3, 0.4) is 0 Å². The Morgan fingerprint density at radius 2 is 2.17 bits per heavy atom. The lowest BCUT2D eigenvalue weighted by atomic mass is 9.87. The number of hydrogen-bond donors (Lipinski definition) is 2. The van der Waals surface area contributed by atoms with Gasteiger partial charge >= 0.3 is 0 Å². The van der Waals surface area contributed by atoms with Gasteiger partial charge in [-0.15, -0.1) is 0 Å². The molecule has 4 nitrogen and oxygen atoms in total. The van der Waals surface area contributed by atoms with E-state index in [2.05, 4.69) is 21.2 Å². The lowest BCUT2D eigenvalue weighted by molar-refractivity contribution is -0.121. The Bertz CT molecular complexity index is 761. The third-order valence-electron chi connectivity index (χ3n) is 4.41. The van der Waals surface area contributed by atoms with Gasteiger partial charge in [-0.2, -0.15) is 0 Å². The Balaban J connectivity index is 1.74. The van der Waals surface area contributed by atoms with E-state index < -0.39 is 0 Å². The van der Waals surface area contributed by atoms with Gasteiger partial charge in [0.15, 0.2) is 0 Å². The molecule has 3 rings (SSSR count). The van der Waals surface area contributed by atoms with Crippen LogP contribution in [0.4, 0.5) is 5.69 Å². The molecule has 1 aliphatic carbocycles.